The van der Waals surface area contributed by atoms with Gasteiger partial charge in [0.1, 0.15) is 0 Å². The molecule has 3 rings (SSSR count). The maximum atomic E-state index is 12.2. The van der Waals surface area contributed by atoms with Gasteiger partial charge in [-0.05, 0) is 25.3 Å². The number of amides is 2. The molecular weight excluding hydrogens is 282 g/mol. The predicted octanol–water partition coefficient (Wildman–Crippen LogP) is 0.877. The molecule has 0 aliphatic carbocycles. The highest BCUT2D eigenvalue weighted by Crippen LogP contribution is 2.12. The van der Waals surface area contributed by atoms with Crippen molar-refractivity contribution in [3.05, 3.63) is 18.5 Å². The third kappa shape index (κ3) is 3.85. The van der Waals surface area contributed by atoms with Crippen molar-refractivity contribution in [3.63, 3.8) is 0 Å². The van der Waals surface area contributed by atoms with Crippen molar-refractivity contribution in [1.29, 1.82) is 0 Å². The zero-order valence-corrected chi connectivity index (χ0v) is 12.8. The van der Waals surface area contributed by atoms with Gasteiger partial charge in [-0.1, -0.05) is 0 Å². The highest BCUT2D eigenvalue weighted by atomic mass is 16.5. The number of urea groups is 1. The predicted molar refractivity (Wildman–Crippen MR) is 82.8 cm³/mol. The maximum absolute atomic E-state index is 12.2. The molecule has 1 aromatic rings. The molecule has 2 aliphatic heterocycles. The number of anilines is 1. The molecule has 1 aromatic heterocycles. The molecule has 3 heterocycles. The Balaban J connectivity index is 1.41. The average molecular weight is 305 g/mol. The van der Waals surface area contributed by atoms with Gasteiger partial charge in [-0.2, -0.15) is 0 Å². The molecule has 1 atom stereocenters. The number of hydrogen-bond donors (Lipinski definition) is 1. The first-order valence-electron chi connectivity index (χ1n) is 7.99. The van der Waals surface area contributed by atoms with Gasteiger partial charge in [-0.25, -0.2) is 14.8 Å². The molecule has 22 heavy (non-hydrogen) atoms. The number of ether oxygens (including phenoxy) is 1. The van der Waals surface area contributed by atoms with E-state index in [9.17, 15) is 4.79 Å². The zero-order valence-electron chi connectivity index (χ0n) is 12.8. The zero-order chi connectivity index (χ0) is 15.2. The van der Waals surface area contributed by atoms with E-state index in [0.29, 0.717) is 19.6 Å². The summed E-state index contributed by atoms with van der Waals surface area (Å²) in [5.74, 6) is 0.734. The van der Waals surface area contributed by atoms with Crippen LogP contribution in [-0.2, 0) is 4.74 Å². The minimum atomic E-state index is 0.00260. The van der Waals surface area contributed by atoms with E-state index in [-0.39, 0.29) is 12.1 Å². The summed E-state index contributed by atoms with van der Waals surface area (Å²) in [6, 6.07) is 1.81. The third-order valence-corrected chi connectivity index (χ3v) is 4.16. The van der Waals surface area contributed by atoms with E-state index in [1.165, 1.54) is 6.42 Å². The fraction of sp³-hybridized carbons (Fsp3) is 0.667. The standard InChI is InChI=1S/C15H23N5O2/c21-15(18-12-13-4-1-2-11-22-13)20-9-7-19(8-10-20)14-16-5-3-6-17-14/h3,5-6,13H,1-2,4,7-12H2,(H,18,21). The second-order valence-corrected chi connectivity index (χ2v) is 5.70. The van der Waals surface area contributed by atoms with Crippen molar-refractivity contribution in [3.8, 4) is 0 Å². The number of nitrogens with one attached hydrogen (secondary N) is 1. The van der Waals surface area contributed by atoms with Crippen molar-refractivity contribution in [1.82, 2.24) is 20.2 Å². The average Bonchev–Trinajstić information content (AvgIpc) is 2.61. The van der Waals surface area contributed by atoms with E-state index < -0.39 is 0 Å². The number of nitrogens with zero attached hydrogens (tertiary/aromatic N) is 4. The Hall–Kier alpha value is -1.89. The topological polar surface area (TPSA) is 70.6 Å². The summed E-state index contributed by atoms with van der Waals surface area (Å²) in [6.07, 6.45) is 7.03. The molecule has 0 aromatic carbocycles. The largest absolute Gasteiger partial charge is 0.376 e. The Morgan fingerprint density at radius 1 is 1.23 bits per heavy atom. The van der Waals surface area contributed by atoms with E-state index in [1.807, 2.05) is 4.90 Å². The van der Waals surface area contributed by atoms with Crippen molar-refractivity contribution < 1.29 is 9.53 Å². The Bertz CT molecular complexity index is 470. The lowest BCUT2D eigenvalue weighted by Gasteiger charge is -2.35. The van der Waals surface area contributed by atoms with Crippen LogP contribution in [0.2, 0.25) is 0 Å². The molecule has 0 bridgehead atoms. The van der Waals surface area contributed by atoms with Crippen LogP contribution in [0, 0.1) is 0 Å². The second-order valence-electron chi connectivity index (χ2n) is 5.70. The maximum Gasteiger partial charge on any atom is 0.317 e. The number of carbonyl (C=O) groups is 1. The van der Waals surface area contributed by atoms with Crippen molar-refractivity contribution >= 4 is 12.0 Å². The number of rotatable bonds is 3. The minimum Gasteiger partial charge on any atom is -0.376 e. The number of carbonyl (C=O) groups excluding carboxylic acids is 1. The summed E-state index contributed by atoms with van der Waals surface area (Å²) in [6.45, 7) is 4.33. The van der Waals surface area contributed by atoms with Crippen LogP contribution in [0.4, 0.5) is 10.7 Å². The third-order valence-electron chi connectivity index (χ3n) is 4.16. The van der Waals surface area contributed by atoms with Crippen molar-refractivity contribution in [2.45, 2.75) is 25.4 Å². The van der Waals surface area contributed by atoms with Gasteiger partial charge in [0.15, 0.2) is 0 Å². The number of aromatic nitrogens is 2. The van der Waals surface area contributed by atoms with Crippen LogP contribution in [0.5, 0.6) is 0 Å². The van der Waals surface area contributed by atoms with E-state index in [4.69, 9.17) is 4.74 Å². The van der Waals surface area contributed by atoms with Gasteiger partial charge in [-0.15, -0.1) is 0 Å². The first kappa shape index (κ1) is 15.0. The van der Waals surface area contributed by atoms with Gasteiger partial charge in [-0.3, -0.25) is 0 Å². The SMILES string of the molecule is O=C(NCC1CCCCO1)N1CCN(c2ncccn2)CC1. The van der Waals surface area contributed by atoms with Gasteiger partial charge < -0.3 is 19.9 Å². The Morgan fingerprint density at radius 2 is 2.00 bits per heavy atom. The minimum absolute atomic E-state index is 0.00260. The monoisotopic (exact) mass is 305 g/mol. The summed E-state index contributed by atoms with van der Waals surface area (Å²) >= 11 is 0. The molecule has 0 saturated carbocycles. The fourth-order valence-electron chi connectivity index (χ4n) is 2.85. The molecular formula is C15H23N5O2. The molecule has 2 amide bonds. The molecule has 2 saturated heterocycles. The van der Waals surface area contributed by atoms with E-state index >= 15 is 0 Å². The van der Waals surface area contributed by atoms with Crippen LogP contribution in [0.15, 0.2) is 18.5 Å². The molecule has 1 unspecified atom stereocenters. The summed E-state index contributed by atoms with van der Waals surface area (Å²) < 4.78 is 5.63. The van der Waals surface area contributed by atoms with E-state index in [2.05, 4.69) is 20.2 Å². The molecule has 120 valence electrons. The fourth-order valence-corrected chi connectivity index (χ4v) is 2.85. The quantitative estimate of drug-likeness (QED) is 0.897. The van der Waals surface area contributed by atoms with E-state index in [0.717, 1.165) is 38.5 Å². The van der Waals surface area contributed by atoms with Gasteiger partial charge >= 0.3 is 6.03 Å². The summed E-state index contributed by atoms with van der Waals surface area (Å²) in [7, 11) is 0. The number of hydrogen-bond acceptors (Lipinski definition) is 5. The van der Waals surface area contributed by atoms with Crippen LogP contribution in [-0.4, -0.2) is 66.3 Å². The summed E-state index contributed by atoms with van der Waals surface area (Å²) in [5, 5.41) is 2.99. The molecule has 7 heteroatoms. The highest BCUT2D eigenvalue weighted by Gasteiger charge is 2.23. The lowest BCUT2D eigenvalue weighted by atomic mass is 10.1. The van der Waals surface area contributed by atoms with Crippen molar-refractivity contribution in [2.75, 3.05) is 44.2 Å². The van der Waals surface area contributed by atoms with Gasteiger partial charge in [0, 0.05) is 51.7 Å². The highest BCUT2D eigenvalue weighted by molar-refractivity contribution is 5.74. The molecule has 0 spiro atoms. The van der Waals surface area contributed by atoms with Gasteiger partial charge in [0.2, 0.25) is 5.95 Å². The summed E-state index contributed by atoms with van der Waals surface area (Å²) in [5.41, 5.74) is 0. The molecule has 2 fully saturated rings. The molecule has 7 nitrogen and oxygen atoms in total. The van der Waals surface area contributed by atoms with Gasteiger partial charge in [0.05, 0.1) is 6.10 Å². The van der Waals surface area contributed by atoms with Crippen LogP contribution in [0.25, 0.3) is 0 Å². The van der Waals surface area contributed by atoms with E-state index in [1.54, 1.807) is 18.5 Å². The molecule has 1 N–H and O–H groups in total. The van der Waals surface area contributed by atoms with Crippen LogP contribution in [0.3, 0.4) is 0 Å². The van der Waals surface area contributed by atoms with Gasteiger partial charge in [0.25, 0.3) is 0 Å². The van der Waals surface area contributed by atoms with Crippen molar-refractivity contribution in [2.24, 2.45) is 0 Å². The molecule has 2 aliphatic rings. The van der Waals surface area contributed by atoms with Crippen LogP contribution in [0.1, 0.15) is 19.3 Å². The Labute approximate surface area is 130 Å². The number of piperazine rings is 1. The smallest absolute Gasteiger partial charge is 0.317 e. The lowest BCUT2D eigenvalue weighted by Crippen LogP contribution is -2.53. The Kier molecular flexibility index (Phi) is 5.05. The Morgan fingerprint density at radius 3 is 2.68 bits per heavy atom. The normalized spacial score (nSPS) is 22.5. The van der Waals surface area contributed by atoms with Crippen LogP contribution >= 0.6 is 0 Å². The molecule has 0 radical (unpaired) electrons. The second kappa shape index (κ2) is 7.40. The lowest BCUT2D eigenvalue weighted by molar-refractivity contribution is 0.0177. The van der Waals surface area contributed by atoms with Crippen LogP contribution < -0.4 is 10.2 Å². The summed E-state index contributed by atoms with van der Waals surface area (Å²) in [4.78, 5) is 24.6. The first-order chi connectivity index (χ1) is 10.8. The first-order valence-corrected chi connectivity index (χ1v) is 7.99.